The number of rotatable bonds is 3. The summed E-state index contributed by atoms with van der Waals surface area (Å²) in [7, 11) is 0. The van der Waals surface area contributed by atoms with Gasteiger partial charge in [-0.05, 0) is 32.7 Å². The van der Waals surface area contributed by atoms with Crippen molar-refractivity contribution < 1.29 is 4.92 Å². The third-order valence-electron chi connectivity index (χ3n) is 4.46. The lowest BCUT2D eigenvalue weighted by Crippen LogP contribution is -2.41. The van der Waals surface area contributed by atoms with Crippen LogP contribution in [0.2, 0.25) is 0 Å². The van der Waals surface area contributed by atoms with Gasteiger partial charge < -0.3 is 5.32 Å². The van der Waals surface area contributed by atoms with Crippen molar-refractivity contribution in [1.29, 1.82) is 0 Å². The van der Waals surface area contributed by atoms with Crippen molar-refractivity contribution in [3.05, 3.63) is 27.9 Å². The van der Waals surface area contributed by atoms with Crippen molar-refractivity contribution in [2.75, 3.05) is 18.4 Å². The predicted molar refractivity (Wildman–Crippen MR) is 76.9 cm³/mol. The number of aromatic nitrogens is 1. The summed E-state index contributed by atoms with van der Waals surface area (Å²) in [5, 5.41) is 14.4. The number of anilines is 1. The highest BCUT2D eigenvalue weighted by Gasteiger charge is 2.35. The molecule has 3 rings (SSSR count). The second-order valence-corrected chi connectivity index (χ2v) is 5.75. The van der Waals surface area contributed by atoms with Crippen LogP contribution in [0.15, 0.2) is 12.3 Å². The average molecular weight is 276 g/mol. The summed E-state index contributed by atoms with van der Waals surface area (Å²) in [4.78, 5) is 17.5. The number of hydrogen-bond donors (Lipinski definition) is 1. The van der Waals surface area contributed by atoms with E-state index in [0.717, 1.165) is 13.0 Å². The van der Waals surface area contributed by atoms with E-state index >= 15 is 0 Å². The average Bonchev–Trinajstić information content (AvgIpc) is 2.84. The van der Waals surface area contributed by atoms with E-state index in [2.05, 4.69) is 15.2 Å². The summed E-state index contributed by atoms with van der Waals surface area (Å²) in [6.07, 6.45) is 6.45. The molecule has 1 N–H and O–H groups in total. The van der Waals surface area contributed by atoms with E-state index in [0.29, 0.717) is 23.5 Å². The fraction of sp³-hybridized carbons (Fsp3) is 0.643. The highest BCUT2D eigenvalue weighted by atomic mass is 16.6. The summed E-state index contributed by atoms with van der Waals surface area (Å²) in [6, 6.07) is 2.48. The molecule has 3 heterocycles. The van der Waals surface area contributed by atoms with E-state index in [4.69, 9.17) is 0 Å². The quantitative estimate of drug-likeness (QED) is 0.677. The molecule has 2 aliphatic rings. The first-order valence-corrected chi connectivity index (χ1v) is 7.27. The first-order valence-electron chi connectivity index (χ1n) is 7.27. The summed E-state index contributed by atoms with van der Waals surface area (Å²) in [5.74, 6) is 0.625. The Hall–Kier alpha value is -1.69. The Morgan fingerprint density at radius 3 is 3.05 bits per heavy atom. The number of nitrogens with one attached hydrogen (secondary N) is 1. The molecule has 6 heteroatoms. The standard InChI is InChI=1S/C14H20N4O2/c1-10-9-15-14(8-13(10)18(19)20)16-11-5-7-17-6-3-2-4-12(11)17/h8-9,11-12H,2-7H2,1H3,(H,15,16). The number of nitro groups is 1. The molecule has 108 valence electrons. The molecule has 2 fully saturated rings. The van der Waals surface area contributed by atoms with Gasteiger partial charge in [0.1, 0.15) is 5.82 Å². The van der Waals surface area contributed by atoms with Gasteiger partial charge in [0, 0.05) is 30.4 Å². The maximum Gasteiger partial charge on any atom is 0.277 e. The molecule has 1 aromatic rings. The monoisotopic (exact) mass is 276 g/mol. The number of piperidine rings is 1. The Labute approximate surface area is 118 Å². The van der Waals surface area contributed by atoms with E-state index in [-0.39, 0.29) is 10.6 Å². The minimum absolute atomic E-state index is 0.140. The SMILES string of the molecule is Cc1cnc(NC2CCN3CCCCC23)cc1[N+](=O)[O-]. The van der Waals surface area contributed by atoms with Gasteiger partial charge in [0.25, 0.3) is 5.69 Å². The van der Waals surface area contributed by atoms with E-state index in [1.165, 1.54) is 25.8 Å². The number of nitrogens with zero attached hydrogens (tertiary/aromatic N) is 3. The van der Waals surface area contributed by atoms with E-state index in [1.54, 1.807) is 19.2 Å². The van der Waals surface area contributed by atoms with Crippen molar-refractivity contribution in [2.24, 2.45) is 0 Å². The molecule has 0 radical (unpaired) electrons. The second kappa shape index (κ2) is 5.36. The zero-order valence-electron chi connectivity index (χ0n) is 11.7. The van der Waals surface area contributed by atoms with Crippen molar-refractivity contribution in [1.82, 2.24) is 9.88 Å². The molecule has 0 amide bonds. The van der Waals surface area contributed by atoms with E-state index < -0.39 is 0 Å². The van der Waals surface area contributed by atoms with Gasteiger partial charge in [0.2, 0.25) is 0 Å². The maximum atomic E-state index is 11.0. The van der Waals surface area contributed by atoms with Gasteiger partial charge in [-0.2, -0.15) is 0 Å². The predicted octanol–water partition coefficient (Wildman–Crippen LogP) is 2.34. The Morgan fingerprint density at radius 2 is 2.25 bits per heavy atom. The molecule has 2 unspecified atom stereocenters. The van der Waals surface area contributed by atoms with Gasteiger partial charge in [-0.25, -0.2) is 4.98 Å². The molecule has 0 saturated carbocycles. The molecule has 1 aromatic heterocycles. The third-order valence-corrected chi connectivity index (χ3v) is 4.46. The normalized spacial score (nSPS) is 26.2. The van der Waals surface area contributed by atoms with Crippen LogP contribution in [0, 0.1) is 17.0 Å². The van der Waals surface area contributed by atoms with Crippen LogP contribution in [0.4, 0.5) is 11.5 Å². The Kier molecular flexibility index (Phi) is 3.56. The van der Waals surface area contributed by atoms with Crippen LogP contribution in [-0.2, 0) is 0 Å². The van der Waals surface area contributed by atoms with Gasteiger partial charge >= 0.3 is 0 Å². The Balaban J connectivity index is 1.74. The van der Waals surface area contributed by atoms with E-state index in [1.807, 2.05) is 0 Å². The van der Waals surface area contributed by atoms with Crippen LogP contribution < -0.4 is 5.32 Å². The summed E-state index contributed by atoms with van der Waals surface area (Å²) >= 11 is 0. The molecule has 2 saturated heterocycles. The van der Waals surface area contributed by atoms with Gasteiger partial charge in [0.05, 0.1) is 11.0 Å². The summed E-state index contributed by atoms with van der Waals surface area (Å²) in [6.45, 7) is 4.02. The first kappa shape index (κ1) is 13.3. The van der Waals surface area contributed by atoms with Crippen LogP contribution in [0.1, 0.15) is 31.2 Å². The van der Waals surface area contributed by atoms with Crippen LogP contribution >= 0.6 is 0 Å². The van der Waals surface area contributed by atoms with Gasteiger partial charge in [-0.1, -0.05) is 6.42 Å². The molecule has 0 bridgehead atoms. The Bertz CT molecular complexity index is 520. The zero-order valence-corrected chi connectivity index (χ0v) is 11.7. The van der Waals surface area contributed by atoms with Crippen LogP contribution in [0.3, 0.4) is 0 Å². The second-order valence-electron chi connectivity index (χ2n) is 5.75. The lowest BCUT2D eigenvalue weighted by Gasteiger charge is -2.32. The van der Waals surface area contributed by atoms with Gasteiger partial charge in [0.15, 0.2) is 0 Å². The zero-order chi connectivity index (χ0) is 14.1. The van der Waals surface area contributed by atoms with Crippen molar-refractivity contribution in [2.45, 2.75) is 44.7 Å². The number of aryl methyl sites for hydroxylation is 1. The molecule has 0 aliphatic carbocycles. The lowest BCUT2D eigenvalue weighted by atomic mass is 9.99. The fourth-order valence-corrected chi connectivity index (χ4v) is 3.39. The summed E-state index contributed by atoms with van der Waals surface area (Å²) in [5.41, 5.74) is 0.743. The van der Waals surface area contributed by atoms with Crippen LogP contribution in [0.25, 0.3) is 0 Å². The smallest absolute Gasteiger partial charge is 0.277 e. The van der Waals surface area contributed by atoms with Crippen molar-refractivity contribution in [3.63, 3.8) is 0 Å². The first-order chi connectivity index (χ1) is 9.65. The highest BCUT2D eigenvalue weighted by Crippen LogP contribution is 2.30. The van der Waals surface area contributed by atoms with Gasteiger partial charge in [-0.15, -0.1) is 0 Å². The number of fused-ring (bicyclic) bond motifs is 1. The van der Waals surface area contributed by atoms with Crippen molar-refractivity contribution >= 4 is 11.5 Å². The molecule has 6 nitrogen and oxygen atoms in total. The lowest BCUT2D eigenvalue weighted by molar-refractivity contribution is -0.385. The highest BCUT2D eigenvalue weighted by molar-refractivity contribution is 5.49. The fourth-order valence-electron chi connectivity index (χ4n) is 3.39. The topological polar surface area (TPSA) is 71.3 Å². The summed E-state index contributed by atoms with van der Waals surface area (Å²) < 4.78 is 0. The van der Waals surface area contributed by atoms with Crippen LogP contribution in [-0.4, -0.2) is 40.0 Å². The maximum absolute atomic E-state index is 11.0. The molecule has 0 spiro atoms. The van der Waals surface area contributed by atoms with E-state index in [9.17, 15) is 10.1 Å². The molecule has 2 aliphatic heterocycles. The number of pyridine rings is 1. The minimum atomic E-state index is -0.343. The number of hydrogen-bond acceptors (Lipinski definition) is 5. The van der Waals surface area contributed by atoms with Crippen molar-refractivity contribution in [3.8, 4) is 0 Å². The largest absolute Gasteiger partial charge is 0.366 e. The minimum Gasteiger partial charge on any atom is -0.366 e. The molecular weight excluding hydrogens is 256 g/mol. The third kappa shape index (κ3) is 2.47. The molecule has 20 heavy (non-hydrogen) atoms. The molecule has 2 atom stereocenters. The Morgan fingerprint density at radius 1 is 1.40 bits per heavy atom. The van der Waals surface area contributed by atoms with Crippen LogP contribution in [0.5, 0.6) is 0 Å². The van der Waals surface area contributed by atoms with Gasteiger partial charge in [-0.3, -0.25) is 15.0 Å². The molecule has 0 aromatic carbocycles. The molecular formula is C14H20N4O2.